The van der Waals surface area contributed by atoms with E-state index in [1.54, 1.807) is 0 Å². The number of hydrogen-bond donors (Lipinski definition) is 1. The summed E-state index contributed by atoms with van der Waals surface area (Å²) in [5.41, 5.74) is 2.74. The van der Waals surface area contributed by atoms with Gasteiger partial charge < -0.3 is 9.55 Å². The Kier molecular flexibility index (Phi) is 2.36. The molecule has 1 aliphatic rings. The summed E-state index contributed by atoms with van der Waals surface area (Å²) in [7, 11) is 0. The molecule has 0 bridgehead atoms. The predicted molar refractivity (Wildman–Crippen MR) is 73.9 cm³/mol. The summed E-state index contributed by atoms with van der Waals surface area (Å²) in [4.78, 5) is 3.24. The predicted octanol–water partition coefficient (Wildman–Crippen LogP) is 3.72. The number of aromatic amines is 1. The standard InChI is InChI=1S/C14H15N3S/c1-14(2,10-4-5-10)17-12-7-9(8-15)3-6-11(12)16-13(17)18/h3,6-7,10H,4-5H2,1-2H3,(H,16,18). The van der Waals surface area contributed by atoms with Gasteiger partial charge in [-0.05, 0) is 63.0 Å². The van der Waals surface area contributed by atoms with Gasteiger partial charge in [0.2, 0.25) is 0 Å². The summed E-state index contributed by atoms with van der Waals surface area (Å²) in [5, 5.41) is 9.02. The number of fused-ring (bicyclic) bond motifs is 1. The van der Waals surface area contributed by atoms with E-state index in [-0.39, 0.29) is 5.54 Å². The normalized spacial score (nSPS) is 15.8. The lowest BCUT2D eigenvalue weighted by molar-refractivity contribution is 0.310. The van der Waals surface area contributed by atoms with Crippen LogP contribution in [0.3, 0.4) is 0 Å². The maximum Gasteiger partial charge on any atom is 0.178 e. The quantitative estimate of drug-likeness (QED) is 0.833. The van der Waals surface area contributed by atoms with Gasteiger partial charge in [-0.1, -0.05) is 0 Å². The molecular weight excluding hydrogens is 242 g/mol. The fourth-order valence-corrected chi connectivity index (χ4v) is 3.16. The van der Waals surface area contributed by atoms with Crippen LogP contribution in [0.25, 0.3) is 11.0 Å². The molecule has 0 amide bonds. The van der Waals surface area contributed by atoms with E-state index in [0.717, 1.165) is 15.8 Å². The molecule has 1 aliphatic carbocycles. The molecule has 0 atom stereocenters. The molecule has 1 heterocycles. The molecule has 1 aromatic heterocycles. The second-order valence-corrected chi connectivity index (χ2v) is 5.92. The van der Waals surface area contributed by atoms with E-state index in [1.165, 1.54) is 12.8 Å². The lowest BCUT2D eigenvalue weighted by Gasteiger charge is -2.27. The van der Waals surface area contributed by atoms with Gasteiger partial charge in [0.1, 0.15) is 0 Å². The minimum Gasteiger partial charge on any atom is -0.331 e. The number of imidazole rings is 1. The average molecular weight is 257 g/mol. The molecule has 1 N–H and O–H groups in total. The third kappa shape index (κ3) is 1.58. The summed E-state index contributed by atoms with van der Waals surface area (Å²) in [6.07, 6.45) is 2.53. The zero-order chi connectivity index (χ0) is 12.9. The van der Waals surface area contributed by atoms with E-state index in [1.807, 2.05) is 18.2 Å². The number of benzene rings is 1. The number of nitriles is 1. The van der Waals surface area contributed by atoms with Crippen LogP contribution in [0.15, 0.2) is 18.2 Å². The van der Waals surface area contributed by atoms with Crippen molar-refractivity contribution in [3.63, 3.8) is 0 Å². The van der Waals surface area contributed by atoms with Gasteiger partial charge in [0.25, 0.3) is 0 Å². The Morgan fingerprint density at radius 2 is 2.17 bits per heavy atom. The first kappa shape index (κ1) is 11.5. The number of rotatable bonds is 2. The van der Waals surface area contributed by atoms with E-state index in [0.29, 0.717) is 11.5 Å². The minimum absolute atomic E-state index is 0.0173. The van der Waals surface area contributed by atoms with E-state index in [2.05, 4.69) is 29.5 Å². The highest BCUT2D eigenvalue weighted by Gasteiger charge is 2.40. The van der Waals surface area contributed by atoms with Gasteiger partial charge in [0.15, 0.2) is 4.77 Å². The van der Waals surface area contributed by atoms with Crippen molar-refractivity contribution in [1.82, 2.24) is 9.55 Å². The van der Waals surface area contributed by atoms with Crippen molar-refractivity contribution in [2.75, 3.05) is 0 Å². The van der Waals surface area contributed by atoms with Crippen molar-refractivity contribution in [2.24, 2.45) is 5.92 Å². The van der Waals surface area contributed by atoms with Crippen molar-refractivity contribution >= 4 is 23.3 Å². The molecule has 4 heteroatoms. The Morgan fingerprint density at radius 3 is 2.78 bits per heavy atom. The van der Waals surface area contributed by atoms with Crippen molar-refractivity contribution in [3.8, 4) is 6.07 Å². The zero-order valence-corrected chi connectivity index (χ0v) is 11.3. The van der Waals surface area contributed by atoms with Crippen LogP contribution >= 0.6 is 12.2 Å². The van der Waals surface area contributed by atoms with Gasteiger partial charge in [-0.15, -0.1) is 0 Å². The summed E-state index contributed by atoms with van der Waals surface area (Å²) >= 11 is 5.45. The average Bonchev–Trinajstić information content (AvgIpc) is 3.11. The molecule has 92 valence electrons. The third-order valence-electron chi connectivity index (χ3n) is 3.97. The summed E-state index contributed by atoms with van der Waals surface area (Å²) in [6.45, 7) is 4.46. The van der Waals surface area contributed by atoms with Crippen LogP contribution in [0, 0.1) is 22.0 Å². The second-order valence-electron chi connectivity index (χ2n) is 5.54. The first-order valence-corrected chi connectivity index (χ1v) is 6.60. The molecule has 0 unspecified atom stereocenters. The Hall–Kier alpha value is -1.60. The molecule has 2 aromatic rings. The molecule has 18 heavy (non-hydrogen) atoms. The van der Waals surface area contributed by atoms with Crippen molar-refractivity contribution < 1.29 is 0 Å². The van der Waals surface area contributed by atoms with Gasteiger partial charge in [-0.2, -0.15) is 5.26 Å². The SMILES string of the molecule is CC(C)(C1CC1)n1c(=S)[nH]c2ccc(C#N)cc21. The Balaban J connectivity index is 2.30. The lowest BCUT2D eigenvalue weighted by atomic mass is 9.98. The smallest absolute Gasteiger partial charge is 0.178 e. The molecule has 3 nitrogen and oxygen atoms in total. The first-order valence-electron chi connectivity index (χ1n) is 6.19. The largest absolute Gasteiger partial charge is 0.331 e. The highest BCUT2D eigenvalue weighted by molar-refractivity contribution is 7.71. The maximum absolute atomic E-state index is 9.02. The molecular formula is C14H15N3S. The molecule has 0 radical (unpaired) electrons. The fourth-order valence-electron chi connectivity index (χ4n) is 2.72. The van der Waals surface area contributed by atoms with Crippen LogP contribution in [0.1, 0.15) is 32.3 Å². The number of nitrogens with zero attached hydrogens (tertiary/aromatic N) is 2. The first-order chi connectivity index (χ1) is 8.54. The van der Waals surface area contributed by atoms with E-state index in [9.17, 15) is 0 Å². The van der Waals surface area contributed by atoms with Gasteiger partial charge >= 0.3 is 0 Å². The highest BCUT2D eigenvalue weighted by Crippen LogP contribution is 2.45. The molecule has 0 saturated heterocycles. The van der Waals surface area contributed by atoms with E-state index < -0.39 is 0 Å². The van der Waals surface area contributed by atoms with Gasteiger partial charge in [-0.3, -0.25) is 0 Å². The second kappa shape index (κ2) is 3.69. The van der Waals surface area contributed by atoms with Crippen LogP contribution in [-0.2, 0) is 5.54 Å². The van der Waals surface area contributed by atoms with E-state index in [4.69, 9.17) is 17.5 Å². The Bertz CT molecular complexity index is 711. The van der Waals surface area contributed by atoms with Gasteiger partial charge in [0, 0.05) is 5.54 Å². The van der Waals surface area contributed by atoms with Crippen LogP contribution < -0.4 is 0 Å². The number of hydrogen-bond acceptors (Lipinski definition) is 2. The topological polar surface area (TPSA) is 44.5 Å². The zero-order valence-electron chi connectivity index (χ0n) is 10.5. The van der Waals surface area contributed by atoms with Crippen molar-refractivity contribution in [1.29, 1.82) is 5.26 Å². The molecule has 0 spiro atoms. The Morgan fingerprint density at radius 1 is 1.44 bits per heavy atom. The van der Waals surface area contributed by atoms with Crippen LogP contribution in [0.4, 0.5) is 0 Å². The van der Waals surface area contributed by atoms with Crippen molar-refractivity contribution in [3.05, 3.63) is 28.5 Å². The summed E-state index contributed by atoms with van der Waals surface area (Å²) in [6, 6.07) is 7.87. The monoisotopic (exact) mass is 257 g/mol. The van der Waals surface area contributed by atoms with Gasteiger partial charge in [0.05, 0.1) is 22.7 Å². The Labute approximate surface area is 111 Å². The minimum atomic E-state index is 0.0173. The van der Waals surface area contributed by atoms with E-state index >= 15 is 0 Å². The molecule has 0 aliphatic heterocycles. The molecule has 1 saturated carbocycles. The van der Waals surface area contributed by atoms with Gasteiger partial charge in [-0.25, -0.2) is 0 Å². The summed E-state index contributed by atoms with van der Waals surface area (Å²) in [5.74, 6) is 0.689. The summed E-state index contributed by atoms with van der Waals surface area (Å²) < 4.78 is 2.92. The number of aromatic nitrogens is 2. The number of H-pyrrole nitrogens is 1. The van der Waals surface area contributed by atoms with Crippen LogP contribution in [-0.4, -0.2) is 9.55 Å². The van der Waals surface area contributed by atoms with Crippen LogP contribution in [0.2, 0.25) is 0 Å². The highest BCUT2D eigenvalue weighted by atomic mass is 32.1. The number of nitrogens with one attached hydrogen (secondary N) is 1. The third-order valence-corrected chi connectivity index (χ3v) is 4.25. The fraction of sp³-hybridized carbons (Fsp3) is 0.429. The molecule has 1 fully saturated rings. The maximum atomic E-state index is 9.02. The lowest BCUT2D eigenvalue weighted by Crippen LogP contribution is -2.28. The molecule has 3 rings (SSSR count). The van der Waals surface area contributed by atoms with Crippen molar-refractivity contribution in [2.45, 2.75) is 32.2 Å². The molecule has 1 aromatic carbocycles. The van der Waals surface area contributed by atoms with Crippen LogP contribution in [0.5, 0.6) is 0 Å².